The summed E-state index contributed by atoms with van der Waals surface area (Å²) in [5, 5.41) is 7.47. The van der Waals surface area contributed by atoms with Gasteiger partial charge >= 0.3 is 0 Å². The van der Waals surface area contributed by atoms with Crippen molar-refractivity contribution in [1.82, 2.24) is 15.0 Å². The monoisotopic (exact) mass is 509 g/mol. The van der Waals surface area contributed by atoms with E-state index in [0.717, 1.165) is 45.0 Å². The molecule has 0 unspecified atom stereocenters. The molecule has 0 aliphatic heterocycles. The molecular weight excluding hydrogens is 486 g/mol. The Kier molecular flexibility index (Phi) is 5.14. The summed E-state index contributed by atoms with van der Waals surface area (Å²) in [6.07, 6.45) is 3.64. The first-order valence-corrected chi connectivity index (χ1v) is 13.4. The van der Waals surface area contributed by atoms with Crippen LogP contribution in [0.5, 0.6) is 0 Å². The molecule has 0 atom stereocenters. The fraction of sp³-hybridized carbons (Fsp3) is 0. The smallest absolute Gasteiger partial charge is 0.161 e. The van der Waals surface area contributed by atoms with Gasteiger partial charge in [-0.1, -0.05) is 103 Å². The van der Waals surface area contributed by atoms with Crippen LogP contribution < -0.4 is 0 Å². The molecule has 6 aromatic carbocycles. The fourth-order valence-corrected chi connectivity index (χ4v) is 5.78. The van der Waals surface area contributed by atoms with Crippen LogP contribution in [-0.4, -0.2) is 15.0 Å². The van der Waals surface area contributed by atoms with Crippen molar-refractivity contribution in [3.05, 3.63) is 140 Å². The quantitative estimate of drug-likeness (QED) is 0.222. The Balaban J connectivity index is 1.34. The second-order valence-electron chi connectivity index (χ2n) is 10.1. The Morgan fingerprint density at radius 1 is 0.400 bits per heavy atom. The molecule has 3 nitrogen and oxygen atoms in total. The number of pyridine rings is 1. The number of nitrogens with zero attached hydrogens (tertiary/aromatic N) is 3. The molecule has 2 aromatic heterocycles. The predicted octanol–water partition coefficient (Wildman–Crippen LogP) is 9.44. The molecule has 0 fully saturated rings. The molecule has 0 aliphatic carbocycles. The third-order valence-corrected chi connectivity index (χ3v) is 7.76. The largest absolute Gasteiger partial charge is 0.265 e. The van der Waals surface area contributed by atoms with Crippen LogP contribution in [0.25, 0.3) is 77.3 Å². The van der Waals surface area contributed by atoms with Crippen molar-refractivity contribution in [3.63, 3.8) is 0 Å². The highest BCUT2D eigenvalue weighted by Crippen LogP contribution is 2.39. The summed E-state index contributed by atoms with van der Waals surface area (Å²) in [6.45, 7) is 0. The lowest BCUT2D eigenvalue weighted by atomic mass is 9.91. The van der Waals surface area contributed by atoms with E-state index in [-0.39, 0.29) is 0 Å². The van der Waals surface area contributed by atoms with E-state index in [1.807, 2.05) is 30.6 Å². The van der Waals surface area contributed by atoms with Gasteiger partial charge in [0.2, 0.25) is 0 Å². The number of hydrogen-bond acceptors (Lipinski definition) is 3. The van der Waals surface area contributed by atoms with Crippen LogP contribution in [0.3, 0.4) is 0 Å². The number of rotatable bonds is 4. The van der Waals surface area contributed by atoms with Crippen LogP contribution >= 0.6 is 0 Å². The number of aromatic nitrogens is 3. The first-order chi connectivity index (χ1) is 19.8. The molecule has 0 spiro atoms. The van der Waals surface area contributed by atoms with E-state index in [9.17, 15) is 0 Å². The van der Waals surface area contributed by atoms with Crippen LogP contribution in [0.2, 0.25) is 0 Å². The Morgan fingerprint density at radius 3 is 1.70 bits per heavy atom. The Bertz CT molecular complexity index is 2120. The molecular formula is C37H23N3. The van der Waals surface area contributed by atoms with Crippen molar-refractivity contribution in [3.8, 4) is 45.0 Å². The van der Waals surface area contributed by atoms with Gasteiger partial charge in [0.1, 0.15) is 0 Å². The summed E-state index contributed by atoms with van der Waals surface area (Å²) in [4.78, 5) is 14.4. The molecule has 0 N–H and O–H groups in total. The summed E-state index contributed by atoms with van der Waals surface area (Å²) < 4.78 is 0. The molecule has 186 valence electrons. The highest BCUT2D eigenvalue weighted by Gasteiger charge is 2.16. The van der Waals surface area contributed by atoms with E-state index in [1.54, 1.807) is 0 Å². The van der Waals surface area contributed by atoms with E-state index in [2.05, 4.69) is 114 Å². The number of hydrogen-bond donors (Lipinski definition) is 0. The van der Waals surface area contributed by atoms with Gasteiger partial charge < -0.3 is 0 Å². The van der Waals surface area contributed by atoms with Gasteiger partial charge in [0.15, 0.2) is 5.82 Å². The van der Waals surface area contributed by atoms with Crippen molar-refractivity contribution in [2.45, 2.75) is 0 Å². The molecule has 0 aliphatic rings. The highest BCUT2D eigenvalue weighted by molar-refractivity contribution is 6.25. The van der Waals surface area contributed by atoms with Gasteiger partial charge in [-0.2, -0.15) is 0 Å². The minimum atomic E-state index is 0.729. The maximum Gasteiger partial charge on any atom is 0.161 e. The van der Waals surface area contributed by atoms with E-state index < -0.39 is 0 Å². The Hall–Kier alpha value is -5.41. The van der Waals surface area contributed by atoms with Gasteiger partial charge in [-0.25, -0.2) is 9.97 Å². The van der Waals surface area contributed by atoms with Crippen LogP contribution in [0.15, 0.2) is 140 Å². The summed E-state index contributed by atoms with van der Waals surface area (Å²) in [5.41, 5.74) is 7.26. The van der Waals surface area contributed by atoms with Gasteiger partial charge in [0, 0.05) is 29.1 Å². The summed E-state index contributed by atoms with van der Waals surface area (Å²) in [7, 11) is 0. The first-order valence-electron chi connectivity index (χ1n) is 13.4. The maximum atomic E-state index is 5.16. The molecule has 40 heavy (non-hydrogen) atoms. The SMILES string of the molecule is c1ccc(-c2cc(-c3ccc(-c4ccncc4)cc3)nc(-c3ccc4ccc5cccc6ccc3c4c56)n2)cc1. The third-order valence-electron chi connectivity index (χ3n) is 7.76. The molecule has 3 heteroatoms. The van der Waals surface area contributed by atoms with Crippen LogP contribution in [0, 0.1) is 0 Å². The van der Waals surface area contributed by atoms with Crippen molar-refractivity contribution in [2.24, 2.45) is 0 Å². The van der Waals surface area contributed by atoms with Crippen molar-refractivity contribution in [1.29, 1.82) is 0 Å². The average molecular weight is 510 g/mol. The molecule has 2 heterocycles. The second-order valence-corrected chi connectivity index (χ2v) is 10.1. The Morgan fingerprint density at radius 2 is 0.975 bits per heavy atom. The van der Waals surface area contributed by atoms with Gasteiger partial charge in [-0.05, 0) is 67.7 Å². The summed E-state index contributed by atoms with van der Waals surface area (Å²) >= 11 is 0. The minimum absolute atomic E-state index is 0.729. The van der Waals surface area contributed by atoms with E-state index >= 15 is 0 Å². The predicted molar refractivity (Wildman–Crippen MR) is 165 cm³/mol. The molecule has 8 aromatic rings. The molecule has 0 radical (unpaired) electrons. The van der Waals surface area contributed by atoms with Gasteiger partial charge in [-0.3, -0.25) is 4.98 Å². The standard InChI is InChI=1S/C37H23N3/c1-2-5-26(6-3-1)33-23-34(27-11-9-24(10-12-27)25-19-21-38-22-20-25)40-37(39-33)32-18-16-30-14-13-28-7-4-8-29-15-17-31(32)36(30)35(28)29/h1-23H. The first kappa shape index (κ1) is 22.6. The van der Waals surface area contributed by atoms with Gasteiger partial charge in [0.05, 0.1) is 11.4 Å². The molecule has 0 amide bonds. The van der Waals surface area contributed by atoms with Crippen molar-refractivity contribution < 1.29 is 0 Å². The van der Waals surface area contributed by atoms with Crippen LogP contribution in [0.4, 0.5) is 0 Å². The van der Waals surface area contributed by atoms with Crippen LogP contribution in [-0.2, 0) is 0 Å². The third kappa shape index (κ3) is 3.71. The molecule has 8 rings (SSSR count). The maximum absolute atomic E-state index is 5.16. The molecule has 0 bridgehead atoms. The van der Waals surface area contributed by atoms with Gasteiger partial charge in [0.25, 0.3) is 0 Å². The van der Waals surface area contributed by atoms with Crippen molar-refractivity contribution in [2.75, 3.05) is 0 Å². The van der Waals surface area contributed by atoms with E-state index in [1.165, 1.54) is 32.3 Å². The highest BCUT2D eigenvalue weighted by atomic mass is 14.9. The fourth-order valence-electron chi connectivity index (χ4n) is 5.78. The second kappa shape index (κ2) is 9.11. The van der Waals surface area contributed by atoms with E-state index in [0.29, 0.717) is 0 Å². The Labute approximate surface area is 231 Å². The van der Waals surface area contributed by atoms with Gasteiger partial charge in [-0.15, -0.1) is 0 Å². The summed E-state index contributed by atoms with van der Waals surface area (Å²) in [5.74, 6) is 0.729. The average Bonchev–Trinajstić information content (AvgIpc) is 3.04. The molecule has 0 saturated heterocycles. The van der Waals surface area contributed by atoms with E-state index in [4.69, 9.17) is 9.97 Å². The minimum Gasteiger partial charge on any atom is -0.265 e. The van der Waals surface area contributed by atoms with Crippen molar-refractivity contribution >= 4 is 32.3 Å². The zero-order chi connectivity index (χ0) is 26.5. The normalized spacial score (nSPS) is 11.5. The number of benzene rings is 6. The topological polar surface area (TPSA) is 38.7 Å². The zero-order valence-corrected chi connectivity index (χ0v) is 21.6. The lowest BCUT2D eigenvalue weighted by Crippen LogP contribution is -1.97. The van der Waals surface area contributed by atoms with Crippen LogP contribution in [0.1, 0.15) is 0 Å². The lowest BCUT2D eigenvalue weighted by Gasteiger charge is -2.15. The lowest BCUT2D eigenvalue weighted by molar-refractivity contribution is 1.19. The molecule has 0 saturated carbocycles. The summed E-state index contributed by atoms with van der Waals surface area (Å²) in [6, 6.07) is 44.8. The zero-order valence-electron chi connectivity index (χ0n) is 21.6.